The minimum absolute atomic E-state index is 0.0456. The monoisotopic (exact) mass is 195 g/mol. The van der Waals surface area contributed by atoms with Crippen molar-refractivity contribution < 1.29 is 4.39 Å². The van der Waals surface area contributed by atoms with E-state index < -0.39 is 0 Å². The Hall–Kier alpha value is -0.960. The largest absolute Gasteiger partial charge is 0.362 e. The number of fused-ring (bicyclic) bond motifs is 1. The van der Waals surface area contributed by atoms with E-state index in [-0.39, 0.29) is 11.2 Å². The molecule has 1 aromatic rings. The van der Waals surface area contributed by atoms with E-state index >= 15 is 0 Å². The summed E-state index contributed by atoms with van der Waals surface area (Å²) in [6.07, 6.45) is 1.47. The van der Waals surface area contributed by atoms with Gasteiger partial charge in [0.15, 0.2) is 0 Å². The van der Waals surface area contributed by atoms with Crippen molar-refractivity contribution in [1.82, 2.24) is 4.90 Å². The topological polar surface area (TPSA) is 3.24 Å². The van der Waals surface area contributed by atoms with Crippen molar-refractivity contribution in [2.45, 2.75) is 5.37 Å². The van der Waals surface area contributed by atoms with Crippen LogP contribution < -0.4 is 0 Å². The van der Waals surface area contributed by atoms with E-state index in [1.165, 1.54) is 6.20 Å². The highest BCUT2D eigenvalue weighted by Gasteiger charge is 2.21. The summed E-state index contributed by atoms with van der Waals surface area (Å²) in [5.41, 5.74) is 1.58. The molecule has 1 heterocycles. The van der Waals surface area contributed by atoms with Crippen LogP contribution in [0.2, 0.25) is 0 Å². The summed E-state index contributed by atoms with van der Waals surface area (Å²) in [6, 6.07) is 7.40. The summed E-state index contributed by atoms with van der Waals surface area (Å²) < 4.78 is 13.4. The Morgan fingerprint density at radius 2 is 2.08 bits per heavy atom. The minimum atomic E-state index is -0.191. The maximum absolute atomic E-state index is 13.4. The molecular weight excluding hydrogens is 185 g/mol. The molecule has 1 aliphatic heterocycles. The molecule has 0 N–H and O–H groups in total. The Bertz CT molecular complexity index is 362. The van der Waals surface area contributed by atoms with Gasteiger partial charge in [-0.25, -0.2) is 4.39 Å². The third-order valence-electron chi connectivity index (χ3n) is 2.20. The Morgan fingerprint density at radius 3 is 2.85 bits per heavy atom. The van der Waals surface area contributed by atoms with Crippen molar-refractivity contribution in [1.29, 1.82) is 0 Å². The molecule has 1 aliphatic rings. The Kier molecular flexibility index (Phi) is 2.04. The molecule has 1 unspecified atom stereocenters. The summed E-state index contributed by atoms with van der Waals surface area (Å²) >= 11 is 4.39. The Labute approximate surface area is 82.3 Å². The second-order valence-electron chi connectivity index (χ2n) is 3.10. The van der Waals surface area contributed by atoms with Crippen molar-refractivity contribution >= 4 is 18.5 Å². The number of rotatable bonds is 0. The van der Waals surface area contributed by atoms with Crippen LogP contribution in [-0.2, 0) is 0 Å². The van der Waals surface area contributed by atoms with E-state index in [2.05, 4.69) is 12.6 Å². The lowest BCUT2D eigenvalue weighted by atomic mass is 10.0. The van der Waals surface area contributed by atoms with Crippen LogP contribution in [0.15, 0.2) is 30.5 Å². The summed E-state index contributed by atoms with van der Waals surface area (Å²) in [5, 5.41) is -0.0456. The molecular formula is C10H10FNS. The van der Waals surface area contributed by atoms with Gasteiger partial charge in [0.25, 0.3) is 0 Å². The second-order valence-corrected chi connectivity index (χ2v) is 3.59. The maximum Gasteiger partial charge on any atom is 0.146 e. The summed E-state index contributed by atoms with van der Waals surface area (Å²) in [4.78, 5) is 1.75. The van der Waals surface area contributed by atoms with E-state index in [1.54, 1.807) is 11.0 Å². The zero-order valence-electron chi connectivity index (χ0n) is 7.24. The van der Waals surface area contributed by atoms with Gasteiger partial charge in [-0.1, -0.05) is 24.3 Å². The minimum Gasteiger partial charge on any atom is -0.362 e. The van der Waals surface area contributed by atoms with Crippen molar-refractivity contribution in [2.24, 2.45) is 0 Å². The number of hydrogen-bond donors (Lipinski definition) is 1. The van der Waals surface area contributed by atoms with E-state index in [1.807, 2.05) is 25.2 Å². The molecule has 0 saturated heterocycles. The van der Waals surface area contributed by atoms with Crippen LogP contribution >= 0.6 is 12.6 Å². The zero-order valence-corrected chi connectivity index (χ0v) is 8.13. The SMILES string of the molecule is CN1C=C(F)c2ccccc2C1S. The predicted octanol–water partition coefficient (Wildman–Crippen LogP) is 2.83. The van der Waals surface area contributed by atoms with Gasteiger partial charge in [0.05, 0.1) is 5.37 Å². The van der Waals surface area contributed by atoms with E-state index in [0.717, 1.165) is 5.56 Å². The first kappa shape index (κ1) is 8.63. The van der Waals surface area contributed by atoms with E-state index in [4.69, 9.17) is 0 Å². The lowest BCUT2D eigenvalue weighted by Crippen LogP contribution is -2.19. The van der Waals surface area contributed by atoms with Gasteiger partial charge in [0.1, 0.15) is 5.83 Å². The summed E-state index contributed by atoms with van der Waals surface area (Å²) in [5.74, 6) is -0.191. The lowest BCUT2D eigenvalue weighted by Gasteiger charge is -2.28. The van der Waals surface area contributed by atoms with Crippen molar-refractivity contribution in [3.05, 3.63) is 41.6 Å². The first-order valence-electron chi connectivity index (χ1n) is 4.07. The molecule has 2 rings (SSSR count). The molecule has 13 heavy (non-hydrogen) atoms. The van der Waals surface area contributed by atoms with Crippen LogP contribution in [0.5, 0.6) is 0 Å². The van der Waals surface area contributed by atoms with Gasteiger partial charge >= 0.3 is 0 Å². The van der Waals surface area contributed by atoms with Gasteiger partial charge in [-0.2, -0.15) is 0 Å². The smallest absolute Gasteiger partial charge is 0.146 e. The average Bonchev–Trinajstić information content (AvgIpc) is 2.15. The van der Waals surface area contributed by atoms with Gasteiger partial charge in [-0.3, -0.25) is 0 Å². The molecule has 1 nitrogen and oxygen atoms in total. The van der Waals surface area contributed by atoms with Crippen LogP contribution in [0, 0.1) is 0 Å². The normalized spacial score (nSPS) is 21.0. The van der Waals surface area contributed by atoms with Gasteiger partial charge in [-0.05, 0) is 5.56 Å². The molecule has 0 fully saturated rings. The molecule has 3 heteroatoms. The summed E-state index contributed by atoms with van der Waals surface area (Å²) in [7, 11) is 1.81. The number of thiol groups is 1. The maximum atomic E-state index is 13.4. The van der Waals surface area contributed by atoms with Crippen LogP contribution in [0.3, 0.4) is 0 Å². The number of hydrogen-bond acceptors (Lipinski definition) is 2. The highest BCUT2D eigenvalue weighted by Crippen LogP contribution is 2.35. The van der Waals surface area contributed by atoms with Crippen molar-refractivity contribution in [2.75, 3.05) is 7.05 Å². The Balaban J connectivity index is 2.58. The molecule has 1 atom stereocenters. The molecule has 0 saturated carbocycles. The van der Waals surface area contributed by atoms with Crippen molar-refractivity contribution in [3.63, 3.8) is 0 Å². The lowest BCUT2D eigenvalue weighted by molar-refractivity contribution is 0.426. The van der Waals surface area contributed by atoms with Gasteiger partial charge in [-0.15, -0.1) is 12.6 Å². The van der Waals surface area contributed by atoms with Crippen molar-refractivity contribution in [3.8, 4) is 0 Å². The third kappa shape index (κ3) is 1.33. The fraction of sp³-hybridized carbons (Fsp3) is 0.200. The molecule has 0 bridgehead atoms. The highest BCUT2D eigenvalue weighted by molar-refractivity contribution is 7.80. The second kappa shape index (κ2) is 3.07. The highest BCUT2D eigenvalue weighted by atomic mass is 32.1. The quantitative estimate of drug-likeness (QED) is 0.623. The number of nitrogens with zero attached hydrogens (tertiary/aromatic N) is 1. The molecule has 0 spiro atoms. The number of benzene rings is 1. The summed E-state index contributed by atoms with van der Waals surface area (Å²) in [6.45, 7) is 0. The standard InChI is InChI=1S/C10H10FNS/c1-12-6-9(11)7-4-2-3-5-8(7)10(12)13/h2-6,10,13H,1H3. The molecule has 0 aliphatic carbocycles. The molecule has 0 amide bonds. The van der Waals surface area contributed by atoms with E-state index in [0.29, 0.717) is 5.56 Å². The Morgan fingerprint density at radius 1 is 1.38 bits per heavy atom. The van der Waals surface area contributed by atoms with Crippen LogP contribution in [0.4, 0.5) is 4.39 Å². The fourth-order valence-corrected chi connectivity index (χ4v) is 1.77. The molecule has 0 aromatic heterocycles. The van der Waals surface area contributed by atoms with Gasteiger partial charge in [0, 0.05) is 18.8 Å². The molecule has 1 aromatic carbocycles. The molecule has 0 radical (unpaired) electrons. The third-order valence-corrected chi connectivity index (χ3v) is 2.84. The predicted molar refractivity (Wildman–Crippen MR) is 55.0 cm³/mol. The molecule has 68 valence electrons. The first-order valence-corrected chi connectivity index (χ1v) is 4.58. The van der Waals surface area contributed by atoms with Crippen LogP contribution in [0.1, 0.15) is 16.5 Å². The van der Waals surface area contributed by atoms with Gasteiger partial charge in [0.2, 0.25) is 0 Å². The van der Waals surface area contributed by atoms with Crippen LogP contribution in [0.25, 0.3) is 5.83 Å². The number of halogens is 1. The first-order chi connectivity index (χ1) is 6.20. The average molecular weight is 195 g/mol. The zero-order chi connectivity index (χ0) is 9.42. The fourth-order valence-electron chi connectivity index (χ4n) is 1.48. The van der Waals surface area contributed by atoms with Crippen LogP contribution in [-0.4, -0.2) is 11.9 Å². The van der Waals surface area contributed by atoms with Gasteiger partial charge < -0.3 is 4.90 Å². The van der Waals surface area contributed by atoms with E-state index in [9.17, 15) is 4.39 Å².